The van der Waals surface area contributed by atoms with E-state index in [1.54, 1.807) is 0 Å². The minimum atomic E-state index is -0.552. The number of anilines is 1. The molecule has 0 radical (unpaired) electrons. The van der Waals surface area contributed by atoms with Crippen molar-refractivity contribution >= 4 is 11.8 Å². The van der Waals surface area contributed by atoms with Crippen molar-refractivity contribution in [3.05, 3.63) is 78.0 Å². The third-order valence-corrected chi connectivity index (χ3v) is 6.27. The number of carbonyl (C=O) groups is 1. The van der Waals surface area contributed by atoms with Crippen molar-refractivity contribution in [2.75, 3.05) is 18.5 Å². The maximum Gasteiger partial charge on any atom is 0.412 e. The molecule has 2 heterocycles. The molecule has 8 heteroatoms. The van der Waals surface area contributed by atoms with Crippen LogP contribution in [0.15, 0.2) is 66.9 Å². The SMILES string of the molecule is O=C(Nc1cn(C2CCC3(CC2)OCCO3)nc1OCc1ccccc1)OCc1ccccc1. The van der Waals surface area contributed by atoms with E-state index in [4.69, 9.17) is 18.9 Å². The van der Waals surface area contributed by atoms with Crippen LogP contribution in [-0.4, -0.2) is 34.9 Å². The number of rotatable bonds is 7. The smallest absolute Gasteiger partial charge is 0.412 e. The Kier molecular flexibility index (Phi) is 6.78. The molecule has 1 saturated heterocycles. The highest BCUT2D eigenvalue weighted by atomic mass is 16.7. The minimum absolute atomic E-state index is 0.174. The highest BCUT2D eigenvalue weighted by Gasteiger charge is 2.41. The quantitative estimate of drug-likeness (QED) is 0.527. The fourth-order valence-corrected chi connectivity index (χ4v) is 4.44. The first-order chi connectivity index (χ1) is 16.7. The molecule has 1 aromatic heterocycles. The van der Waals surface area contributed by atoms with Gasteiger partial charge in [-0.15, -0.1) is 5.10 Å². The van der Waals surface area contributed by atoms with Crippen LogP contribution in [-0.2, 0) is 27.4 Å². The molecular formula is C26H29N3O5. The number of amides is 1. The van der Waals surface area contributed by atoms with Gasteiger partial charge in [0, 0.05) is 12.8 Å². The number of aromatic nitrogens is 2. The van der Waals surface area contributed by atoms with Crippen LogP contribution in [0, 0.1) is 0 Å². The van der Waals surface area contributed by atoms with Crippen molar-refractivity contribution in [1.29, 1.82) is 0 Å². The Bertz CT molecular complexity index is 1070. The molecule has 8 nitrogen and oxygen atoms in total. The zero-order valence-corrected chi connectivity index (χ0v) is 19.0. The van der Waals surface area contributed by atoms with Crippen LogP contribution >= 0.6 is 0 Å². The molecule has 2 fully saturated rings. The van der Waals surface area contributed by atoms with E-state index in [-0.39, 0.29) is 12.6 Å². The lowest BCUT2D eigenvalue weighted by atomic mass is 9.90. The first-order valence-corrected chi connectivity index (χ1v) is 11.7. The number of benzene rings is 2. The van der Waals surface area contributed by atoms with E-state index in [2.05, 4.69) is 10.4 Å². The fourth-order valence-electron chi connectivity index (χ4n) is 4.44. The van der Waals surface area contributed by atoms with E-state index in [9.17, 15) is 4.79 Å². The molecule has 5 rings (SSSR count). The number of nitrogens with one attached hydrogen (secondary N) is 1. The Morgan fingerprint density at radius 3 is 2.24 bits per heavy atom. The van der Waals surface area contributed by atoms with Crippen molar-refractivity contribution in [2.45, 2.75) is 50.7 Å². The van der Waals surface area contributed by atoms with Gasteiger partial charge >= 0.3 is 6.09 Å². The second-order valence-corrected chi connectivity index (χ2v) is 8.63. The molecule has 3 aromatic rings. The highest BCUT2D eigenvalue weighted by Crippen LogP contribution is 2.41. The summed E-state index contributed by atoms with van der Waals surface area (Å²) in [7, 11) is 0. The van der Waals surface area contributed by atoms with Gasteiger partial charge in [0.1, 0.15) is 18.9 Å². The number of ether oxygens (including phenoxy) is 4. The molecule has 1 aliphatic carbocycles. The maximum atomic E-state index is 12.5. The summed E-state index contributed by atoms with van der Waals surface area (Å²) in [6.07, 6.45) is 4.65. The molecule has 1 aliphatic heterocycles. The third kappa shape index (κ3) is 5.40. The van der Waals surface area contributed by atoms with E-state index in [1.165, 1.54) is 0 Å². The normalized spacial score (nSPS) is 17.5. The maximum absolute atomic E-state index is 12.5. The predicted molar refractivity (Wildman–Crippen MR) is 125 cm³/mol. The average Bonchev–Trinajstić information content (AvgIpc) is 3.50. The number of nitrogens with zero attached hydrogens (tertiary/aromatic N) is 2. The Labute approximate surface area is 198 Å². The monoisotopic (exact) mass is 463 g/mol. The Balaban J connectivity index is 1.27. The van der Waals surface area contributed by atoms with Crippen molar-refractivity contribution in [2.24, 2.45) is 0 Å². The lowest BCUT2D eigenvalue weighted by molar-refractivity contribution is -0.181. The lowest BCUT2D eigenvalue weighted by Crippen LogP contribution is -2.35. The summed E-state index contributed by atoms with van der Waals surface area (Å²) in [5.41, 5.74) is 2.42. The molecule has 2 aromatic carbocycles. The Morgan fingerprint density at radius 2 is 1.59 bits per heavy atom. The Morgan fingerprint density at radius 1 is 0.971 bits per heavy atom. The van der Waals surface area contributed by atoms with Gasteiger partial charge in [-0.2, -0.15) is 0 Å². The fraction of sp³-hybridized carbons (Fsp3) is 0.385. The van der Waals surface area contributed by atoms with Gasteiger partial charge in [-0.25, -0.2) is 4.79 Å². The van der Waals surface area contributed by atoms with Crippen molar-refractivity contribution < 1.29 is 23.7 Å². The van der Waals surface area contributed by atoms with Gasteiger partial charge in [-0.05, 0) is 24.0 Å². The summed E-state index contributed by atoms with van der Waals surface area (Å²) < 4.78 is 25.0. The van der Waals surface area contributed by atoms with E-state index < -0.39 is 11.9 Å². The third-order valence-electron chi connectivity index (χ3n) is 6.27. The number of hydrogen-bond donors (Lipinski definition) is 1. The van der Waals surface area contributed by atoms with Gasteiger partial charge in [0.15, 0.2) is 5.79 Å². The van der Waals surface area contributed by atoms with Gasteiger partial charge in [-0.3, -0.25) is 10.00 Å². The molecule has 1 saturated carbocycles. The zero-order chi connectivity index (χ0) is 23.2. The van der Waals surface area contributed by atoms with E-state index in [1.807, 2.05) is 71.5 Å². The molecule has 1 N–H and O–H groups in total. The van der Waals surface area contributed by atoms with Crippen LogP contribution in [0.5, 0.6) is 5.88 Å². The van der Waals surface area contributed by atoms with Crippen LogP contribution in [0.25, 0.3) is 0 Å². The second kappa shape index (κ2) is 10.3. The first-order valence-electron chi connectivity index (χ1n) is 11.7. The summed E-state index contributed by atoms with van der Waals surface area (Å²) >= 11 is 0. The van der Waals surface area contributed by atoms with Gasteiger partial charge in [0.05, 0.1) is 25.5 Å². The van der Waals surface area contributed by atoms with Crippen LogP contribution < -0.4 is 10.1 Å². The van der Waals surface area contributed by atoms with E-state index in [0.29, 0.717) is 31.4 Å². The lowest BCUT2D eigenvalue weighted by Gasteiger charge is -2.35. The Hall–Kier alpha value is -3.36. The predicted octanol–water partition coefficient (Wildman–Crippen LogP) is 5.07. The molecule has 178 valence electrons. The van der Waals surface area contributed by atoms with E-state index in [0.717, 1.165) is 36.8 Å². The summed E-state index contributed by atoms with van der Waals surface area (Å²) in [6, 6.07) is 19.6. The van der Waals surface area contributed by atoms with Gasteiger partial charge < -0.3 is 18.9 Å². The van der Waals surface area contributed by atoms with Crippen LogP contribution in [0.3, 0.4) is 0 Å². The molecule has 2 aliphatic rings. The summed E-state index contributed by atoms with van der Waals surface area (Å²) in [5.74, 6) is -0.0623. The van der Waals surface area contributed by atoms with Crippen molar-refractivity contribution in [3.8, 4) is 5.88 Å². The average molecular weight is 464 g/mol. The van der Waals surface area contributed by atoms with Crippen LogP contribution in [0.2, 0.25) is 0 Å². The van der Waals surface area contributed by atoms with Crippen LogP contribution in [0.1, 0.15) is 42.9 Å². The number of hydrogen-bond acceptors (Lipinski definition) is 6. The van der Waals surface area contributed by atoms with E-state index >= 15 is 0 Å². The second-order valence-electron chi connectivity index (χ2n) is 8.63. The molecule has 0 unspecified atom stereocenters. The highest BCUT2D eigenvalue weighted by molar-refractivity contribution is 5.86. The minimum Gasteiger partial charge on any atom is -0.470 e. The summed E-state index contributed by atoms with van der Waals surface area (Å²) in [6.45, 7) is 1.85. The van der Waals surface area contributed by atoms with Gasteiger partial charge in [0.25, 0.3) is 5.88 Å². The summed E-state index contributed by atoms with van der Waals surface area (Å²) in [5, 5.41) is 7.48. The topological polar surface area (TPSA) is 83.8 Å². The molecule has 34 heavy (non-hydrogen) atoms. The van der Waals surface area contributed by atoms with Crippen molar-refractivity contribution in [3.63, 3.8) is 0 Å². The number of carbonyl (C=O) groups excluding carboxylic acids is 1. The van der Waals surface area contributed by atoms with Gasteiger partial charge in [0.2, 0.25) is 0 Å². The van der Waals surface area contributed by atoms with Crippen molar-refractivity contribution in [1.82, 2.24) is 9.78 Å². The van der Waals surface area contributed by atoms with Crippen LogP contribution in [0.4, 0.5) is 10.5 Å². The largest absolute Gasteiger partial charge is 0.470 e. The van der Waals surface area contributed by atoms with Gasteiger partial charge in [-0.1, -0.05) is 60.7 Å². The zero-order valence-electron chi connectivity index (χ0n) is 19.0. The molecule has 0 atom stereocenters. The summed E-state index contributed by atoms with van der Waals surface area (Å²) in [4.78, 5) is 12.5. The molecule has 1 spiro atoms. The first kappa shape index (κ1) is 22.4. The molecular weight excluding hydrogens is 434 g/mol. The molecule has 0 bridgehead atoms. The molecule has 1 amide bonds. The standard InChI is InChI=1S/C26H29N3O5/c30-25(32-19-21-9-5-2-6-10-21)27-23-17-29(22-11-13-26(14-12-22)33-15-16-34-26)28-24(23)31-18-20-7-3-1-4-8-20/h1-10,17,22H,11-16,18-19H2,(H,27,30).